The van der Waals surface area contributed by atoms with E-state index in [2.05, 4.69) is 28.0 Å². The number of piperidine rings is 1. The number of ether oxygens (including phenoxy) is 1. The van der Waals surface area contributed by atoms with E-state index in [1.165, 1.54) is 25.9 Å². The summed E-state index contributed by atoms with van der Waals surface area (Å²) in [7, 11) is 2.20. The van der Waals surface area contributed by atoms with Gasteiger partial charge in [0.15, 0.2) is 0 Å². The number of amides is 1. The van der Waals surface area contributed by atoms with Crippen LogP contribution in [-0.2, 0) is 6.54 Å². The second-order valence-electron chi connectivity index (χ2n) is 9.47. The molecule has 35 heavy (non-hydrogen) atoms. The lowest BCUT2D eigenvalue weighted by atomic mass is 9.94. The SMILES string of the molecule is Cc1nn(CCC2CCN(C)CC2)c2cc(NC(=O)c3ccc(Oc4ccccc4)cc3)ccc12. The number of carbonyl (C=O) groups is 1. The minimum absolute atomic E-state index is 0.148. The van der Waals surface area contributed by atoms with Crippen molar-refractivity contribution in [2.45, 2.75) is 32.7 Å². The Hall–Kier alpha value is -3.64. The normalized spacial score (nSPS) is 14.8. The number of aryl methyl sites for hydroxylation is 2. The lowest BCUT2D eigenvalue weighted by Gasteiger charge is -2.28. The van der Waals surface area contributed by atoms with Gasteiger partial charge in [-0.15, -0.1) is 0 Å². The third-order valence-corrected chi connectivity index (χ3v) is 6.88. The number of hydrogen-bond donors (Lipinski definition) is 1. The topological polar surface area (TPSA) is 59.4 Å². The molecule has 2 heterocycles. The van der Waals surface area contributed by atoms with Crippen LogP contribution < -0.4 is 10.1 Å². The van der Waals surface area contributed by atoms with E-state index < -0.39 is 0 Å². The molecule has 0 bridgehead atoms. The van der Waals surface area contributed by atoms with Gasteiger partial charge in [0.1, 0.15) is 11.5 Å². The van der Waals surface area contributed by atoms with Gasteiger partial charge in [0.2, 0.25) is 0 Å². The average molecular weight is 469 g/mol. The number of nitrogens with zero attached hydrogens (tertiary/aromatic N) is 3. The van der Waals surface area contributed by atoms with E-state index in [1.54, 1.807) is 12.1 Å². The summed E-state index contributed by atoms with van der Waals surface area (Å²) in [6.07, 6.45) is 3.65. The predicted molar refractivity (Wildman–Crippen MR) is 140 cm³/mol. The Morgan fingerprint density at radius 3 is 2.46 bits per heavy atom. The molecule has 1 amide bonds. The molecule has 1 fully saturated rings. The Balaban J connectivity index is 1.25. The van der Waals surface area contributed by atoms with Gasteiger partial charge >= 0.3 is 0 Å². The standard InChI is InChI=1S/C29H32N4O2/c1-21-27-13-10-24(20-28(27)33(31-21)19-16-22-14-17-32(2)18-15-22)30-29(34)23-8-11-26(12-9-23)35-25-6-4-3-5-7-25/h3-13,20,22H,14-19H2,1-2H3,(H,30,34). The van der Waals surface area contributed by atoms with Crippen LogP contribution in [0.1, 0.15) is 35.3 Å². The largest absolute Gasteiger partial charge is 0.457 e. The Bertz CT molecular complexity index is 1290. The summed E-state index contributed by atoms with van der Waals surface area (Å²) in [6.45, 7) is 5.31. The summed E-state index contributed by atoms with van der Waals surface area (Å²) in [6, 6.07) is 22.8. The first-order valence-corrected chi connectivity index (χ1v) is 12.4. The van der Waals surface area contributed by atoms with E-state index in [1.807, 2.05) is 61.5 Å². The van der Waals surface area contributed by atoms with Crippen molar-refractivity contribution < 1.29 is 9.53 Å². The van der Waals surface area contributed by atoms with Crippen molar-refractivity contribution in [2.24, 2.45) is 5.92 Å². The molecule has 4 aromatic rings. The number of nitrogens with one attached hydrogen (secondary N) is 1. The number of carbonyl (C=O) groups excluding carboxylic acids is 1. The Kier molecular flexibility index (Phi) is 6.82. The van der Waals surface area contributed by atoms with Gasteiger partial charge in [0, 0.05) is 23.2 Å². The van der Waals surface area contributed by atoms with E-state index in [0.717, 1.165) is 46.9 Å². The van der Waals surface area contributed by atoms with Crippen LogP contribution in [0.25, 0.3) is 10.9 Å². The maximum absolute atomic E-state index is 12.9. The van der Waals surface area contributed by atoms with Crippen molar-refractivity contribution in [3.05, 3.63) is 84.1 Å². The van der Waals surface area contributed by atoms with E-state index in [-0.39, 0.29) is 5.91 Å². The fourth-order valence-corrected chi connectivity index (χ4v) is 4.75. The number of hydrogen-bond acceptors (Lipinski definition) is 4. The molecule has 0 unspecified atom stereocenters. The van der Waals surface area contributed by atoms with Crippen LogP contribution >= 0.6 is 0 Å². The summed E-state index contributed by atoms with van der Waals surface area (Å²) >= 11 is 0. The number of likely N-dealkylation sites (tertiary alicyclic amines) is 1. The number of rotatable bonds is 7. The van der Waals surface area contributed by atoms with E-state index in [4.69, 9.17) is 9.84 Å². The number of anilines is 1. The summed E-state index contributed by atoms with van der Waals surface area (Å²) in [5.41, 5.74) is 3.44. The second-order valence-corrected chi connectivity index (χ2v) is 9.47. The summed E-state index contributed by atoms with van der Waals surface area (Å²) in [4.78, 5) is 15.3. The number of benzene rings is 3. The van der Waals surface area contributed by atoms with Gasteiger partial charge < -0.3 is 15.0 Å². The predicted octanol–water partition coefficient (Wildman–Crippen LogP) is 6.12. The molecule has 1 aliphatic rings. The fourth-order valence-electron chi connectivity index (χ4n) is 4.75. The highest BCUT2D eigenvalue weighted by Crippen LogP contribution is 2.26. The van der Waals surface area contributed by atoms with Crippen LogP contribution in [0, 0.1) is 12.8 Å². The van der Waals surface area contributed by atoms with Gasteiger partial charge in [-0.05, 0) is 107 Å². The maximum Gasteiger partial charge on any atom is 0.255 e. The van der Waals surface area contributed by atoms with Crippen LogP contribution in [0.5, 0.6) is 11.5 Å². The molecule has 0 atom stereocenters. The zero-order valence-corrected chi connectivity index (χ0v) is 20.4. The molecule has 6 nitrogen and oxygen atoms in total. The van der Waals surface area contributed by atoms with E-state index >= 15 is 0 Å². The minimum Gasteiger partial charge on any atom is -0.457 e. The van der Waals surface area contributed by atoms with Gasteiger partial charge in [-0.2, -0.15) is 5.10 Å². The minimum atomic E-state index is -0.148. The summed E-state index contributed by atoms with van der Waals surface area (Å²) in [5, 5.41) is 8.96. The smallest absolute Gasteiger partial charge is 0.255 e. The highest BCUT2D eigenvalue weighted by Gasteiger charge is 2.18. The number of aromatic nitrogens is 2. The molecule has 0 aliphatic carbocycles. The first-order chi connectivity index (χ1) is 17.0. The first-order valence-electron chi connectivity index (χ1n) is 12.4. The average Bonchev–Trinajstić information content (AvgIpc) is 3.19. The molecule has 1 aromatic heterocycles. The lowest BCUT2D eigenvalue weighted by molar-refractivity contribution is 0.102. The summed E-state index contributed by atoms with van der Waals surface area (Å²) < 4.78 is 7.93. The highest BCUT2D eigenvalue weighted by atomic mass is 16.5. The number of fused-ring (bicyclic) bond motifs is 1. The van der Waals surface area contributed by atoms with Gasteiger partial charge in [-0.1, -0.05) is 18.2 Å². The Morgan fingerprint density at radius 2 is 1.71 bits per heavy atom. The Morgan fingerprint density at radius 1 is 1.00 bits per heavy atom. The lowest BCUT2D eigenvalue weighted by Crippen LogP contribution is -2.30. The van der Waals surface area contributed by atoms with Crippen LogP contribution in [0.4, 0.5) is 5.69 Å². The zero-order valence-electron chi connectivity index (χ0n) is 20.4. The van der Waals surface area contributed by atoms with Gasteiger partial charge in [0.05, 0.1) is 11.2 Å². The first kappa shape index (κ1) is 23.1. The summed E-state index contributed by atoms with van der Waals surface area (Å²) in [5.74, 6) is 2.06. The molecule has 3 aromatic carbocycles. The van der Waals surface area contributed by atoms with Crippen LogP contribution in [0.15, 0.2) is 72.8 Å². The molecule has 0 saturated carbocycles. The van der Waals surface area contributed by atoms with Crippen molar-refractivity contribution >= 4 is 22.5 Å². The quantitative estimate of drug-likeness (QED) is 0.355. The second kappa shape index (κ2) is 10.3. The van der Waals surface area contributed by atoms with E-state index in [9.17, 15) is 4.79 Å². The van der Waals surface area contributed by atoms with Crippen molar-refractivity contribution in [1.82, 2.24) is 14.7 Å². The molecular weight excluding hydrogens is 436 g/mol. The van der Waals surface area contributed by atoms with Crippen molar-refractivity contribution in [3.8, 4) is 11.5 Å². The third kappa shape index (κ3) is 5.54. The van der Waals surface area contributed by atoms with Gasteiger partial charge in [0.25, 0.3) is 5.91 Å². The molecule has 1 saturated heterocycles. The zero-order chi connectivity index (χ0) is 24.2. The Labute approximate surface area is 206 Å². The monoisotopic (exact) mass is 468 g/mol. The third-order valence-electron chi connectivity index (χ3n) is 6.88. The molecular formula is C29H32N4O2. The maximum atomic E-state index is 12.9. The van der Waals surface area contributed by atoms with Crippen LogP contribution in [-0.4, -0.2) is 40.7 Å². The van der Waals surface area contributed by atoms with Crippen LogP contribution in [0.3, 0.4) is 0 Å². The van der Waals surface area contributed by atoms with Crippen molar-refractivity contribution in [1.29, 1.82) is 0 Å². The molecule has 0 spiro atoms. The molecule has 180 valence electrons. The molecule has 1 N–H and O–H groups in total. The molecule has 1 aliphatic heterocycles. The van der Waals surface area contributed by atoms with Crippen molar-refractivity contribution in [3.63, 3.8) is 0 Å². The molecule has 0 radical (unpaired) electrons. The van der Waals surface area contributed by atoms with Gasteiger partial charge in [-0.3, -0.25) is 9.48 Å². The van der Waals surface area contributed by atoms with Gasteiger partial charge in [-0.25, -0.2) is 0 Å². The van der Waals surface area contributed by atoms with Crippen LogP contribution in [0.2, 0.25) is 0 Å². The number of para-hydroxylation sites is 1. The molecule has 6 heteroatoms. The van der Waals surface area contributed by atoms with Crippen molar-refractivity contribution in [2.75, 3.05) is 25.5 Å². The molecule has 5 rings (SSSR count). The fraction of sp³-hybridized carbons (Fsp3) is 0.310. The van der Waals surface area contributed by atoms with E-state index in [0.29, 0.717) is 11.3 Å². The highest BCUT2D eigenvalue weighted by molar-refractivity contribution is 6.05.